The van der Waals surface area contributed by atoms with Crippen molar-refractivity contribution in [1.29, 1.82) is 0 Å². The summed E-state index contributed by atoms with van der Waals surface area (Å²) in [4.78, 5) is 0. The maximum Gasteiger partial charge on any atom is 0.138 e. The summed E-state index contributed by atoms with van der Waals surface area (Å²) < 4.78 is 2.33. The van der Waals surface area contributed by atoms with Gasteiger partial charge in [-0.15, -0.1) is 0 Å². The highest BCUT2D eigenvalue weighted by atomic mass is 32.2. The molecule has 94 valence electrons. The molecule has 0 bridgehead atoms. The predicted molar refractivity (Wildman–Crippen MR) is 78.7 cm³/mol. The standard InChI is InChI=1S/C14H22NS2/c1-15(11-7-3-2-4-8-11)13-10-6-5-9-12(13)14(16)17-15/h11H,2-10H2,1H3/q+1/t15-/m1/s1. The monoisotopic (exact) mass is 268 g/mol. The zero-order valence-electron chi connectivity index (χ0n) is 10.7. The van der Waals surface area contributed by atoms with E-state index in [0.29, 0.717) is 0 Å². The topological polar surface area (TPSA) is 0 Å². The van der Waals surface area contributed by atoms with Crippen LogP contribution in [0.15, 0.2) is 11.3 Å². The average molecular weight is 268 g/mol. The van der Waals surface area contributed by atoms with Crippen molar-refractivity contribution in [2.24, 2.45) is 0 Å². The molecule has 0 N–H and O–H groups in total. The second-order valence-electron chi connectivity index (χ2n) is 5.79. The Balaban J connectivity index is 1.91. The molecule has 0 amide bonds. The van der Waals surface area contributed by atoms with E-state index in [0.717, 1.165) is 9.93 Å². The van der Waals surface area contributed by atoms with Crippen LogP contribution in [0.1, 0.15) is 57.8 Å². The van der Waals surface area contributed by atoms with Crippen LogP contribution >= 0.6 is 24.2 Å². The van der Waals surface area contributed by atoms with Gasteiger partial charge in [-0.1, -0.05) is 18.6 Å². The van der Waals surface area contributed by atoms with Crippen LogP contribution in [0.25, 0.3) is 0 Å². The maximum atomic E-state index is 5.62. The van der Waals surface area contributed by atoms with Gasteiger partial charge >= 0.3 is 0 Å². The fourth-order valence-corrected chi connectivity index (χ4v) is 5.78. The van der Waals surface area contributed by atoms with Crippen LogP contribution in [0.2, 0.25) is 0 Å². The summed E-state index contributed by atoms with van der Waals surface area (Å²) in [7, 11) is 2.43. The minimum absolute atomic E-state index is 0.831. The Morgan fingerprint density at radius 3 is 2.53 bits per heavy atom. The summed E-state index contributed by atoms with van der Waals surface area (Å²) in [6, 6.07) is 0.831. The quantitative estimate of drug-likeness (QED) is 0.388. The van der Waals surface area contributed by atoms with E-state index in [-0.39, 0.29) is 0 Å². The average Bonchev–Trinajstić information content (AvgIpc) is 2.65. The first-order chi connectivity index (χ1) is 8.22. The van der Waals surface area contributed by atoms with Crippen LogP contribution in [0.3, 0.4) is 0 Å². The van der Waals surface area contributed by atoms with Crippen LogP contribution in [0.5, 0.6) is 0 Å². The molecule has 3 heteroatoms. The lowest BCUT2D eigenvalue weighted by Crippen LogP contribution is -2.45. The van der Waals surface area contributed by atoms with E-state index in [1.165, 1.54) is 62.0 Å². The third kappa shape index (κ3) is 2.00. The van der Waals surface area contributed by atoms with E-state index in [4.69, 9.17) is 12.2 Å². The lowest BCUT2D eigenvalue weighted by Gasteiger charge is -2.39. The molecule has 1 aliphatic heterocycles. The zero-order chi connectivity index (χ0) is 11.9. The third-order valence-corrected chi connectivity index (χ3v) is 6.55. The van der Waals surface area contributed by atoms with Crippen LogP contribution in [0.4, 0.5) is 0 Å². The highest BCUT2D eigenvalue weighted by molar-refractivity contribution is 8.20. The number of hydrogen-bond acceptors (Lipinski definition) is 2. The molecule has 0 aromatic carbocycles. The molecule has 1 fully saturated rings. The molecule has 3 rings (SSSR count). The van der Waals surface area contributed by atoms with Gasteiger partial charge in [0.05, 0.1) is 7.05 Å². The number of thiocarbonyl (C=S) groups is 1. The molecule has 2 aliphatic carbocycles. The van der Waals surface area contributed by atoms with Gasteiger partial charge in [0.15, 0.2) is 0 Å². The van der Waals surface area contributed by atoms with Crippen molar-refractivity contribution in [1.82, 2.24) is 0 Å². The number of quaternary nitrogens is 1. The van der Waals surface area contributed by atoms with Crippen molar-refractivity contribution in [3.05, 3.63) is 11.3 Å². The van der Waals surface area contributed by atoms with E-state index in [9.17, 15) is 0 Å². The Hall–Kier alpha value is 0.140. The summed E-state index contributed by atoms with van der Waals surface area (Å²) in [5.74, 6) is 0. The van der Waals surface area contributed by atoms with Crippen molar-refractivity contribution in [3.63, 3.8) is 0 Å². The van der Waals surface area contributed by atoms with E-state index in [2.05, 4.69) is 7.05 Å². The molecule has 17 heavy (non-hydrogen) atoms. The van der Waals surface area contributed by atoms with Crippen molar-refractivity contribution in [2.75, 3.05) is 7.05 Å². The predicted octanol–water partition coefficient (Wildman–Crippen LogP) is 4.58. The van der Waals surface area contributed by atoms with Gasteiger partial charge in [0, 0.05) is 24.8 Å². The summed E-state index contributed by atoms with van der Waals surface area (Å²) in [6.07, 6.45) is 12.4. The molecule has 0 unspecified atom stereocenters. The normalized spacial score (nSPS) is 35.2. The summed E-state index contributed by atoms with van der Waals surface area (Å²) in [5.41, 5.74) is 3.25. The van der Waals surface area contributed by atoms with Gasteiger partial charge in [-0.2, -0.15) is 0 Å². The number of allylic oxidation sites excluding steroid dienone is 1. The Morgan fingerprint density at radius 1 is 1.06 bits per heavy atom. The van der Waals surface area contributed by atoms with Gasteiger partial charge in [-0.05, 0) is 32.1 Å². The molecular weight excluding hydrogens is 246 g/mol. The number of rotatable bonds is 1. The summed E-state index contributed by atoms with van der Waals surface area (Å²) in [5, 5.41) is 0. The van der Waals surface area contributed by atoms with Crippen molar-refractivity contribution < 1.29 is 3.89 Å². The molecule has 0 aromatic rings. The number of hydrogen-bond donors (Lipinski definition) is 0. The van der Waals surface area contributed by atoms with E-state index in [1.54, 1.807) is 11.3 Å². The van der Waals surface area contributed by atoms with Crippen LogP contribution in [-0.2, 0) is 0 Å². The Kier molecular flexibility index (Phi) is 3.35. The Morgan fingerprint density at radius 2 is 1.76 bits per heavy atom. The molecule has 1 heterocycles. The lowest BCUT2D eigenvalue weighted by atomic mass is 9.91. The first-order valence-corrected chi connectivity index (χ1v) is 8.23. The fourth-order valence-electron chi connectivity index (χ4n) is 3.75. The van der Waals surface area contributed by atoms with Crippen molar-refractivity contribution in [3.8, 4) is 0 Å². The summed E-state index contributed by atoms with van der Waals surface area (Å²) >= 11 is 7.60. The van der Waals surface area contributed by atoms with Gasteiger partial charge in [0.25, 0.3) is 0 Å². The fraction of sp³-hybridized carbons (Fsp3) is 0.786. The highest BCUT2D eigenvalue weighted by Crippen LogP contribution is 2.50. The Labute approximate surface area is 114 Å². The van der Waals surface area contributed by atoms with Crippen LogP contribution in [-0.4, -0.2) is 21.2 Å². The second kappa shape index (κ2) is 4.67. The van der Waals surface area contributed by atoms with E-state index < -0.39 is 0 Å². The molecule has 1 atom stereocenters. The minimum atomic E-state index is 0.831. The molecular formula is C14H22NS2+. The van der Waals surface area contributed by atoms with Gasteiger partial charge in [0.1, 0.15) is 27.9 Å². The first-order valence-electron chi connectivity index (χ1n) is 7.04. The van der Waals surface area contributed by atoms with Gasteiger partial charge in [-0.3, -0.25) is 0 Å². The number of nitrogens with zero attached hydrogens (tertiary/aromatic N) is 1. The van der Waals surface area contributed by atoms with Crippen molar-refractivity contribution >= 4 is 28.4 Å². The van der Waals surface area contributed by atoms with Gasteiger partial charge in [-0.25, -0.2) is 3.89 Å². The molecule has 3 aliphatic rings. The SMILES string of the molecule is C[N@+]1(C2CCCCC2)SC(=S)C2=C1CCCC2. The molecule has 0 radical (unpaired) electrons. The first kappa shape index (κ1) is 12.2. The second-order valence-corrected chi connectivity index (χ2v) is 7.81. The molecule has 0 aromatic heterocycles. The molecule has 1 nitrogen and oxygen atoms in total. The lowest BCUT2D eigenvalue weighted by molar-refractivity contribution is -0.763. The molecule has 0 saturated heterocycles. The smallest absolute Gasteiger partial charge is 0.138 e. The van der Waals surface area contributed by atoms with E-state index >= 15 is 0 Å². The Bertz CT molecular complexity index is 368. The molecule has 0 spiro atoms. The van der Waals surface area contributed by atoms with Crippen molar-refractivity contribution in [2.45, 2.75) is 63.8 Å². The van der Waals surface area contributed by atoms with E-state index in [1.807, 2.05) is 11.9 Å². The maximum absolute atomic E-state index is 5.62. The third-order valence-electron chi connectivity index (χ3n) is 4.77. The largest absolute Gasteiger partial charge is 0.228 e. The molecule has 1 saturated carbocycles. The van der Waals surface area contributed by atoms with Gasteiger partial charge in [0.2, 0.25) is 0 Å². The summed E-state index contributed by atoms with van der Waals surface area (Å²) in [6.45, 7) is 0. The highest BCUT2D eigenvalue weighted by Gasteiger charge is 2.48. The zero-order valence-corrected chi connectivity index (χ0v) is 12.3. The minimum Gasteiger partial charge on any atom is -0.228 e. The van der Waals surface area contributed by atoms with Crippen LogP contribution < -0.4 is 0 Å². The van der Waals surface area contributed by atoms with Gasteiger partial charge < -0.3 is 0 Å². The van der Waals surface area contributed by atoms with Crippen LogP contribution in [0, 0.1) is 0 Å².